The fourth-order valence-electron chi connectivity index (χ4n) is 5.53. The van der Waals surface area contributed by atoms with Gasteiger partial charge in [-0.3, -0.25) is 9.78 Å². The Kier molecular flexibility index (Phi) is 12.1. The van der Waals surface area contributed by atoms with Gasteiger partial charge in [0.15, 0.2) is 0 Å². The number of fused-ring (bicyclic) bond motifs is 1. The van der Waals surface area contributed by atoms with Crippen molar-refractivity contribution in [2.75, 3.05) is 31.6 Å². The number of oxime groups is 1. The molecule has 0 bridgehead atoms. The summed E-state index contributed by atoms with van der Waals surface area (Å²) >= 11 is 1.80. The molecule has 0 saturated carbocycles. The molecule has 2 aromatic carbocycles. The molecule has 2 aliphatic heterocycles. The second kappa shape index (κ2) is 16.0. The van der Waals surface area contributed by atoms with Crippen molar-refractivity contribution in [3.8, 4) is 0 Å². The van der Waals surface area contributed by atoms with E-state index in [9.17, 15) is 4.79 Å². The number of piperidine rings is 1. The maximum Gasteiger partial charge on any atom is 0.257 e. The highest BCUT2D eigenvalue weighted by atomic mass is 35.5. The molecule has 1 fully saturated rings. The first kappa shape index (κ1) is 32.6. The fraction of sp³-hybridized carbons (Fsp3) is 0.303. The van der Waals surface area contributed by atoms with Crippen molar-refractivity contribution in [3.05, 3.63) is 119 Å². The molecule has 43 heavy (non-hydrogen) atoms. The summed E-state index contributed by atoms with van der Waals surface area (Å²) in [7, 11) is 0. The lowest BCUT2D eigenvalue weighted by Crippen LogP contribution is -2.31. The molecule has 4 aromatic rings. The molecular formula is C33H37Cl2N5O2S. The van der Waals surface area contributed by atoms with Crippen molar-refractivity contribution in [1.82, 2.24) is 14.5 Å². The van der Waals surface area contributed by atoms with E-state index >= 15 is 0 Å². The first-order valence-electron chi connectivity index (χ1n) is 14.4. The third kappa shape index (κ3) is 8.00. The number of thioether (sulfide) groups is 1. The Bertz CT molecular complexity index is 1490. The molecule has 10 heteroatoms. The lowest BCUT2D eigenvalue weighted by Gasteiger charge is -2.25. The summed E-state index contributed by atoms with van der Waals surface area (Å²) in [6, 6.07) is 23.8. The number of halogens is 2. The van der Waals surface area contributed by atoms with Crippen LogP contribution in [-0.2, 0) is 10.6 Å². The second-order valence-corrected chi connectivity index (χ2v) is 11.5. The van der Waals surface area contributed by atoms with Gasteiger partial charge < -0.3 is 19.6 Å². The molecule has 2 aliphatic rings. The zero-order chi connectivity index (χ0) is 27.9. The molecule has 6 rings (SSSR count). The number of aromatic nitrogens is 2. The van der Waals surface area contributed by atoms with Crippen LogP contribution in [0.4, 0.5) is 5.69 Å². The minimum atomic E-state index is -0.115. The van der Waals surface area contributed by atoms with E-state index in [-0.39, 0.29) is 36.1 Å². The highest BCUT2D eigenvalue weighted by molar-refractivity contribution is 7.99. The van der Waals surface area contributed by atoms with Gasteiger partial charge in [0.05, 0.1) is 5.56 Å². The number of carbonyl (C=O) groups excluding carboxylic acids is 1. The molecule has 7 nitrogen and oxygen atoms in total. The predicted molar refractivity (Wildman–Crippen MR) is 180 cm³/mol. The highest BCUT2D eigenvalue weighted by Gasteiger charge is 2.28. The SMILES string of the molecule is Cl.Cl.O=C(Nc1cccc(/C(=N/OCCCN2CCCCC2)c2ccccc2)c1)c1ccn2c1CSC2c1cccnc1. The Morgan fingerprint density at radius 1 is 0.977 bits per heavy atom. The van der Waals surface area contributed by atoms with Crippen LogP contribution in [0, 0.1) is 0 Å². The lowest BCUT2D eigenvalue weighted by atomic mass is 10.0. The van der Waals surface area contributed by atoms with Crippen molar-refractivity contribution in [2.45, 2.75) is 36.8 Å². The summed E-state index contributed by atoms with van der Waals surface area (Å²) in [6.07, 6.45) is 10.6. The van der Waals surface area contributed by atoms with E-state index in [0.29, 0.717) is 12.2 Å². The van der Waals surface area contributed by atoms with E-state index < -0.39 is 0 Å². The van der Waals surface area contributed by atoms with Crippen molar-refractivity contribution >= 4 is 53.9 Å². The normalized spacial score (nSPS) is 16.5. The number of pyridine rings is 1. The summed E-state index contributed by atoms with van der Waals surface area (Å²) in [5.74, 6) is 0.658. The molecule has 1 unspecified atom stereocenters. The minimum Gasteiger partial charge on any atom is -0.395 e. The van der Waals surface area contributed by atoms with E-state index in [1.54, 1.807) is 18.0 Å². The van der Waals surface area contributed by atoms with Crippen LogP contribution in [0.25, 0.3) is 0 Å². The van der Waals surface area contributed by atoms with Crippen LogP contribution in [0.5, 0.6) is 0 Å². The summed E-state index contributed by atoms with van der Waals surface area (Å²) in [4.78, 5) is 26.0. The standard InChI is InChI=1S/C33H35N5O2S.2ClH/c39-32(29-15-20-38-30(29)24-41-33(38)27-13-8-16-34-23-27)35-28-14-7-12-26(22-28)31(25-10-3-1-4-11-25)36-40-21-9-19-37-17-5-2-6-18-37;;/h1,3-4,7-8,10-16,20,22-23,33H,2,5-6,9,17-19,21,24H2,(H,35,39);2*1H/b36-31+;;. The average molecular weight is 639 g/mol. The molecule has 1 saturated heterocycles. The van der Waals surface area contributed by atoms with Crippen LogP contribution in [0.15, 0.2) is 96.5 Å². The van der Waals surface area contributed by atoms with Crippen LogP contribution < -0.4 is 5.32 Å². The fourth-order valence-corrected chi connectivity index (χ4v) is 6.84. The number of benzene rings is 2. The molecule has 4 heterocycles. The topological polar surface area (TPSA) is 71.8 Å². The number of rotatable bonds is 10. The maximum absolute atomic E-state index is 13.4. The van der Waals surface area contributed by atoms with Crippen molar-refractivity contribution in [3.63, 3.8) is 0 Å². The first-order chi connectivity index (χ1) is 20.3. The number of hydrogen-bond donors (Lipinski definition) is 1. The average Bonchev–Trinajstić information content (AvgIpc) is 3.63. The van der Waals surface area contributed by atoms with Crippen LogP contribution in [0.2, 0.25) is 0 Å². The van der Waals surface area contributed by atoms with Crippen LogP contribution in [-0.4, -0.2) is 52.3 Å². The van der Waals surface area contributed by atoms with Gasteiger partial charge in [0, 0.05) is 59.0 Å². The summed E-state index contributed by atoms with van der Waals surface area (Å²) in [5, 5.41) is 7.82. The molecule has 1 N–H and O–H groups in total. The third-order valence-corrected chi connectivity index (χ3v) is 8.88. The van der Waals surface area contributed by atoms with Gasteiger partial charge >= 0.3 is 0 Å². The Balaban J connectivity index is 0.00000212. The van der Waals surface area contributed by atoms with E-state index in [4.69, 9.17) is 4.84 Å². The van der Waals surface area contributed by atoms with Crippen molar-refractivity contribution < 1.29 is 9.63 Å². The molecule has 2 aromatic heterocycles. The van der Waals surface area contributed by atoms with Gasteiger partial charge in [-0.25, -0.2) is 0 Å². The number of amides is 1. The van der Waals surface area contributed by atoms with Crippen LogP contribution in [0.3, 0.4) is 0 Å². The molecule has 1 atom stereocenters. The van der Waals surface area contributed by atoms with Crippen LogP contribution in [0.1, 0.15) is 63.8 Å². The Morgan fingerprint density at radius 3 is 2.58 bits per heavy atom. The molecule has 0 spiro atoms. The zero-order valence-corrected chi connectivity index (χ0v) is 26.4. The number of anilines is 1. The number of carbonyl (C=O) groups is 1. The molecular weight excluding hydrogens is 601 g/mol. The number of nitrogens with one attached hydrogen (secondary N) is 1. The predicted octanol–water partition coefficient (Wildman–Crippen LogP) is 7.42. The number of likely N-dealkylation sites (tertiary alicyclic amines) is 1. The monoisotopic (exact) mass is 637 g/mol. The van der Waals surface area contributed by atoms with Gasteiger partial charge in [0.2, 0.25) is 0 Å². The number of hydrogen-bond acceptors (Lipinski definition) is 6. The largest absolute Gasteiger partial charge is 0.395 e. The van der Waals surface area contributed by atoms with E-state index in [1.807, 2.05) is 79.1 Å². The minimum absolute atomic E-state index is 0. The smallest absolute Gasteiger partial charge is 0.257 e. The summed E-state index contributed by atoms with van der Waals surface area (Å²) in [5.41, 5.74) is 6.18. The summed E-state index contributed by atoms with van der Waals surface area (Å²) in [6.45, 7) is 3.99. The van der Waals surface area contributed by atoms with Crippen molar-refractivity contribution in [2.24, 2.45) is 5.16 Å². The van der Waals surface area contributed by atoms with E-state index in [1.165, 1.54) is 32.4 Å². The van der Waals surface area contributed by atoms with Gasteiger partial charge in [-0.15, -0.1) is 36.6 Å². The second-order valence-electron chi connectivity index (χ2n) is 10.5. The molecule has 0 aliphatic carbocycles. The Hall–Kier alpha value is -3.30. The maximum atomic E-state index is 13.4. The van der Waals surface area contributed by atoms with Gasteiger partial charge in [-0.05, 0) is 56.6 Å². The highest BCUT2D eigenvalue weighted by Crippen LogP contribution is 2.42. The quantitative estimate of drug-likeness (QED) is 0.111. The Labute approximate surface area is 269 Å². The van der Waals surface area contributed by atoms with Gasteiger partial charge in [-0.1, -0.05) is 60.1 Å². The third-order valence-electron chi connectivity index (χ3n) is 7.62. The van der Waals surface area contributed by atoms with E-state index in [0.717, 1.165) is 52.5 Å². The van der Waals surface area contributed by atoms with E-state index in [2.05, 4.69) is 31.0 Å². The molecule has 226 valence electrons. The van der Waals surface area contributed by atoms with Crippen molar-refractivity contribution in [1.29, 1.82) is 0 Å². The zero-order valence-electron chi connectivity index (χ0n) is 23.9. The summed E-state index contributed by atoms with van der Waals surface area (Å²) < 4.78 is 2.18. The van der Waals surface area contributed by atoms with Crippen LogP contribution >= 0.6 is 36.6 Å². The molecule has 1 amide bonds. The van der Waals surface area contributed by atoms with Gasteiger partial charge in [0.1, 0.15) is 17.7 Å². The lowest BCUT2D eigenvalue weighted by molar-refractivity contribution is 0.102. The van der Waals surface area contributed by atoms with Gasteiger partial charge in [0.25, 0.3) is 5.91 Å². The Morgan fingerprint density at radius 2 is 1.79 bits per heavy atom. The first-order valence-corrected chi connectivity index (χ1v) is 15.4. The van der Waals surface area contributed by atoms with Gasteiger partial charge in [-0.2, -0.15) is 0 Å². The number of nitrogens with zero attached hydrogens (tertiary/aromatic N) is 4. The molecule has 0 radical (unpaired) electrons.